The Morgan fingerprint density at radius 2 is 1.67 bits per heavy atom. The first-order chi connectivity index (χ1) is 9.77. The number of methoxy groups -OCH3 is 1. The van der Waals surface area contributed by atoms with Crippen LogP contribution >= 0.6 is 0 Å². The van der Waals surface area contributed by atoms with Crippen molar-refractivity contribution in [3.05, 3.63) is 49.7 Å². The normalized spacial score (nSPS) is 10.4. The number of carbonyl (C=O) groups excluding carboxylic acids is 1. The molecule has 112 valence electrons. The second kappa shape index (κ2) is 6.46. The lowest BCUT2D eigenvalue weighted by atomic mass is 10.1. The number of hydrogen-bond donors (Lipinski definition) is 0. The minimum absolute atomic E-state index is 0.189. The minimum atomic E-state index is -0.885. The van der Waals surface area contributed by atoms with Crippen LogP contribution in [-0.4, -0.2) is 41.9 Å². The van der Waals surface area contributed by atoms with E-state index in [2.05, 4.69) is 4.74 Å². The average molecular weight is 295 g/mol. The van der Waals surface area contributed by atoms with E-state index < -0.39 is 27.2 Å². The maximum Gasteiger partial charge on any atom is 0.338 e. The van der Waals surface area contributed by atoms with Crippen molar-refractivity contribution in [3.63, 3.8) is 0 Å². The molecule has 0 amide bonds. The Bertz CT molecular complexity index is 588. The van der Waals surface area contributed by atoms with Crippen LogP contribution in [0.15, 0.2) is 18.3 Å². The molecule has 0 bridgehead atoms. The highest BCUT2D eigenvalue weighted by molar-refractivity contribution is 5.92. The van der Waals surface area contributed by atoms with Crippen LogP contribution in [0.4, 0.5) is 11.4 Å². The lowest BCUT2D eigenvalue weighted by Crippen LogP contribution is -2.06. The first-order valence-corrected chi connectivity index (χ1v) is 5.67. The van der Waals surface area contributed by atoms with Crippen LogP contribution in [0.2, 0.25) is 0 Å². The van der Waals surface area contributed by atoms with Crippen LogP contribution in [0.1, 0.15) is 15.9 Å². The predicted octanol–water partition coefficient (Wildman–Crippen LogP) is 1.82. The number of carbonyl (C=O) groups is 1. The molecule has 0 atom stereocenters. The topological polar surface area (TPSA) is 116 Å². The van der Waals surface area contributed by atoms with Crippen molar-refractivity contribution in [2.24, 2.45) is 0 Å². The van der Waals surface area contributed by atoms with Crippen LogP contribution in [0, 0.1) is 20.2 Å². The fraction of sp³-hybridized carbons (Fsp3) is 0.250. The molecule has 0 aliphatic heterocycles. The molecular formula is C12H13N3O6. The summed E-state index contributed by atoms with van der Waals surface area (Å²) >= 11 is 0. The quantitative estimate of drug-likeness (QED) is 0.462. The molecule has 21 heavy (non-hydrogen) atoms. The van der Waals surface area contributed by atoms with Gasteiger partial charge in [0.1, 0.15) is 5.56 Å². The van der Waals surface area contributed by atoms with E-state index in [0.29, 0.717) is 0 Å². The summed E-state index contributed by atoms with van der Waals surface area (Å²) < 4.78 is 4.43. The van der Waals surface area contributed by atoms with Gasteiger partial charge >= 0.3 is 5.97 Å². The molecule has 1 aromatic carbocycles. The van der Waals surface area contributed by atoms with Crippen LogP contribution in [0.3, 0.4) is 0 Å². The molecule has 0 unspecified atom stereocenters. The van der Waals surface area contributed by atoms with Crippen molar-refractivity contribution in [1.29, 1.82) is 0 Å². The van der Waals surface area contributed by atoms with Crippen molar-refractivity contribution in [2.45, 2.75) is 0 Å². The summed E-state index contributed by atoms with van der Waals surface area (Å²) in [4.78, 5) is 33.6. The summed E-state index contributed by atoms with van der Waals surface area (Å²) in [6.45, 7) is 0. The predicted molar refractivity (Wildman–Crippen MR) is 73.8 cm³/mol. The highest BCUT2D eigenvalue weighted by Crippen LogP contribution is 2.32. The van der Waals surface area contributed by atoms with E-state index in [9.17, 15) is 25.0 Å². The van der Waals surface area contributed by atoms with Crippen LogP contribution < -0.4 is 0 Å². The molecule has 0 aliphatic rings. The third-order valence-corrected chi connectivity index (χ3v) is 2.49. The SMILES string of the molecule is COC(=O)c1cc([N+](=O)[O-])c(/C=C/N(C)C)c([N+](=O)[O-])c1. The summed E-state index contributed by atoms with van der Waals surface area (Å²) in [5.74, 6) is -0.885. The number of rotatable bonds is 5. The maximum atomic E-state index is 11.4. The van der Waals surface area contributed by atoms with E-state index in [1.165, 1.54) is 12.3 Å². The summed E-state index contributed by atoms with van der Waals surface area (Å²) in [6.07, 6.45) is 2.68. The Labute approximate surface area is 119 Å². The van der Waals surface area contributed by atoms with Gasteiger partial charge in [0.2, 0.25) is 0 Å². The van der Waals surface area contributed by atoms with E-state index in [0.717, 1.165) is 19.2 Å². The van der Waals surface area contributed by atoms with E-state index in [1.54, 1.807) is 19.0 Å². The Morgan fingerprint density at radius 3 is 2.00 bits per heavy atom. The zero-order chi connectivity index (χ0) is 16.2. The molecule has 1 aromatic rings. The van der Waals surface area contributed by atoms with Crippen molar-refractivity contribution < 1.29 is 19.4 Å². The van der Waals surface area contributed by atoms with Gasteiger partial charge in [-0.1, -0.05) is 0 Å². The number of nitro benzene ring substituents is 2. The lowest BCUT2D eigenvalue weighted by molar-refractivity contribution is -0.394. The molecule has 0 saturated heterocycles. The number of nitro groups is 2. The number of hydrogen-bond acceptors (Lipinski definition) is 7. The summed E-state index contributed by atoms with van der Waals surface area (Å²) in [6, 6.07) is 1.91. The number of benzene rings is 1. The van der Waals surface area contributed by atoms with Gasteiger partial charge in [-0.2, -0.15) is 0 Å². The molecule has 0 heterocycles. The van der Waals surface area contributed by atoms with Crippen molar-refractivity contribution >= 4 is 23.4 Å². The smallest absolute Gasteiger partial charge is 0.338 e. The molecular weight excluding hydrogens is 282 g/mol. The van der Waals surface area contributed by atoms with Gasteiger partial charge in [0.25, 0.3) is 11.4 Å². The fourth-order valence-corrected chi connectivity index (χ4v) is 1.56. The third kappa shape index (κ3) is 3.75. The Hall–Kier alpha value is -2.97. The van der Waals surface area contributed by atoms with Gasteiger partial charge in [-0.15, -0.1) is 0 Å². The highest BCUT2D eigenvalue weighted by Gasteiger charge is 2.27. The third-order valence-electron chi connectivity index (χ3n) is 2.49. The van der Waals surface area contributed by atoms with Crippen molar-refractivity contribution in [1.82, 2.24) is 4.90 Å². The molecule has 0 spiro atoms. The van der Waals surface area contributed by atoms with Gasteiger partial charge in [-0.3, -0.25) is 20.2 Å². The first kappa shape index (κ1) is 16.1. The molecule has 0 aromatic heterocycles. The molecule has 0 fully saturated rings. The Kier molecular flexibility index (Phi) is 4.95. The molecule has 9 nitrogen and oxygen atoms in total. The standard InChI is InChI=1S/C12H13N3O6/c1-13(2)5-4-9-10(14(17)18)6-8(12(16)21-3)7-11(9)15(19)20/h4-7H,1-3H3/b5-4+. The summed E-state index contributed by atoms with van der Waals surface area (Å²) in [5, 5.41) is 22.2. The van der Waals surface area contributed by atoms with Gasteiger partial charge < -0.3 is 9.64 Å². The largest absolute Gasteiger partial charge is 0.465 e. The summed E-state index contributed by atoms with van der Waals surface area (Å²) in [7, 11) is 4.41. The maximum absolute atomic E-state index is 11.4. The zero-order valence-electron chi connectivity index (χ0n) is 11.6. The fourth-order valence-electron chi connectivity index (χ4n) is 1.56. The molecule has 1 rings (SSSR count). The Morgan fingerprint density at radius 1 is 1.19 bits per heavy atom. The number of nitrogens with zero attached hydrogens (tertiary/aromatic N) is 3. The number of esters is 1. The van der Waals surface area contributed by atoms with Gasteiger partial charge in [0.05, 0.1) is 22.5 Å². The van der Waals surface area contributed by atoms with Gasteiger partial charge in [0, 0.05) is 26.2 Å². The van der Waals surface area contributed by atoms with E-state index in [4.69, 9.17) is 0 Å². The first-order valence-electron chi connectivity index (χ1n) is 5.67. The number of ether oxygens (including phenoxy) is 1. The van der Waals surface area contributed by atoms with Crippen LogP contribution in [0.5, 0.6) is 0 Å². The molecule has 0 aliphatic carbocycles. The van der Waals surface area contributed by atoms with E-state index in [-0.39, 0.29) is 11.1 Å². The molecule has 0 saturated carbocycles. The Balaban J connectivity index is 3.62. The molecule has 9 heteroatoms. The lowest BCUT2D eigenvalue weighted by Gasteiger charge is -2.06. The van der Waals surface area contributed by atoms with E-state index in [1.807, 2.05) is 0 Å². The summed E-state index contributed by atoms with van der Waals surface area (Å²) in [5.41, 5.74) is -1.52. The van der Waals surface area contributed by atoms with Crippen molar-refractivity contribution in [3.8, 4) is 0 Å². The zero-order valence-corrected chi connectivity index (χ0v) is 11.6. The molecule has 0 N–H and O–H groups in total. The van der Waals surface area contributed by atoms with Crippen molar-refractivity contribution in [2.75, 3.05) is 21.2 Å². The highest BCUT2D eigenvalue weighted by atomic mass is 16.6. The monoisotopic (exact) mass is 295 g/mol. The average Bonchev–Trinajstić information content (AvgIpc) is 2.42. The van der Waals surface area contributed by atoms with Gasteiger partial charge in [-0.25, -0.2) is 4.79 Å². The second-order valence-electron chi connectivity index (χ2n) is 4.21. The van der Waals surface area contributed by atoms with Gasteiger partial charge in [-0.05, 0) is 12.3 Å². The van der Waals surface area contributed by atoms with E-state index >= 15 is 0 Å². The minimum Gasteiger partial charge on any atom is -0.465 e. The molecule has 0 radical (unpaired) electrons. The second-order valence-corrected chi connectivity index (χ2v) is 4.21. The van der Waals surface area contributed by atoms with Crippen LogP contribution in [-0.2, 0) is 4.74 Å². The van der Waals surface area contributed by atoms with Crippen LogP contribution in [0.25, 0.3) is 6.08 Å². The van der Waals surface area contributed by atoms with Gasteiger partial charge in [0.15, 0.2) is 0 Å².